The van der Waals surface area contributed by atoms with Crippen molar-refractivity contribution in [2.24, 2.45) is 0 Å². The smallest absolute Gasteiger partial charge is 0.104 e. The molecule has 0 radical (unpaired) electrons. The summed E-state index contributed by atoms with van der Waals surface area (Å²) in [5.74, 6) is 1.35. The van der Waals surface area contributed by atoms with E-state index in [0.717, 1.165) is 17.8 Å². The maximum atomic E-state index is 6.58. The lowest BCUT2D eigenvalue weighted by Crippen LogP contribution is -2.53. The SMILES string of the molecule is C1CCOC(S(C2CCO2)(C2CCS2)N2CCCCCC2)CC1. The highest BCUT2D eigenvalue weighted by Crippen LogP contribution is 2.73. The molecule has 0 aromatic carbocycles. The van der Waals surface area contributed by atoms with Gasteiger partial charge in [-0.2, -0.15) is 0 Å². The Hall–Kier alpha value is 0.580. The van der Waals surface area contributed by atoms with Gasteiger partial charge in [0.05, 0.1) is 11.2 Å². The minimum atomic E-state index is -0.979. The van der Waals surface area contributed by atoms with Gasteiger partial charge in [0.15, 0.2) is 0 Å². The first-order chi connectivity index (χ1) is 11.4. The second-order valence-electron chi connectivity index (χ2n) is 7.40. The standard InChI is InChI=1S/C18H33NO2S2/c1-2-6-12-19(11-5-1)23(17-9-14-21-17,18-10-15-22-18)16-8-4-3-7-13-20-16/h16-18H,1-15H2. The summed E-state index contributed by atoms with van der Waals surface area (Å²) in [5, 5.41) is 0. The summed E-state index contributed by atoms with van der Waals surface area (Å²) in [4.78, 5) is 0. The Balaban J connectivity index is 1.66. The summed E-state index contributed by atoms with van der Waals surface area (Å²) >= 11 is 2.23. The molecule has 134 valence electrons. The molecule has 4 unspecified atom stereocenters. The third-order valence-corrected chi connectivity index (χ3v) is 13.2. The fourth-order valence-corrected chi connectivity index (χ4v) is 12.5. The molecule has 23 heavy (non-hydrogen) atoms. The van der Waals surface area contributed by atoms with Crippen LogP contribution in [0.1, 0.15) is 64.2 Å². The zero-order chi connectivity index (χ0) is 15.5. The molecule has 4 aliphatic heterocycles. The summed E-state index contributed by atoms with van der Waals surface area (Å²) in [5.41, 5.74) is 0.979. The van der Waals surface area contributed by atoms with Crippen LogP contribution in [0.15, 0.2) is 0 Å². The third-order valence-electron chi connectivity index (χ3n) is 5.98. The minimum absolute atomic E-state index is 0.478. The minimum Gasteiger partial charge on any atom is -0.368 e. The maximum absolute atomic E-state index is 6.58. The first-order valence-corrected chi connectivity index (χ1v) is 12.6. The van der Waals surface area contributed by atoms with E-state index >= 15 is 0 Å². The van der Waals surface area contributed by atoms with Crippen LogP contribution in [0.4, 0.5) is 0 Å². The Labute approximate surface area is 147 Å². The monoisotopic (exact) mass is 359 g/mol. The van der Waals surface area contributed by atoms with Crippen LogP contribution in [0.5, 0.6) is 0 Å². The van der Waals surface area contributed by atoms with Gasteiger partial charge in [-0.25, -0.2) is 0 Å². The van der Waals surface area contributed by atoms with Crippen LogP contribution in [0.2, 0.25) is 0 Å². The molecule has 0 aromatic rings. The Kier molecular flexibility index (Phi) is 5.81. The highest BCUT2D eigenvalue weighted by atomic mass is 32.3. The van der Waals surface area contributed by atoms with E-state index in [2.05, 4.69) is 16.1 Å². The molecule has 4 atom stereocenters. The van der Waals surface area contributed by atoms with Crippen LogP contribution in [0, 0.1) is 0 Å². The van der Waals surface area contributed by atoms with E-state index in [-0.39, 0.29) is 0 Å². The van der Waals surface area contributed by atoms with E-state index in [0.29, 0.717) is 10.9 Å². The number of hydrogen-bond acceptors (Lipinski definition) is 4. The molecule has 3 nitrogen and oxygen atoms in total. The molecule has 0 spiro atoms. The molecule has 0 bridgehead atoms. The molecule has 0 aliphatic carbocycles. The van der Waals surface area contributed by atoms with E-state index in [9.17, 15) is 0 Å². The highest BCUT2D eigenvalue weighted by Gasteiger charge is 2.55. The van der Waals surface area contributed by atoms with Gasteiger partial charge in [-0.1, -0.05) is 19.3 Å². The molecular formula is C18H33NO2S2. The summed E-state index contributed by atoms with van der Waals surface area (Å²) in [6.45, 7) is 4.56. The molecule has 4 rings (SSSR count). The maximum Gasteiger partial charge on any atom is 0.104 e. The predicted molar refractivity (Wildman–Crippen MR) is 101 cm³/mol. The Morgan fingerprint density at radius 3 is 2.04 bits per heavy atom. The van der Waals surface area contributed by atoms with Crippen molar-refractivity contribution in [3.05, 3.63) is 0 Å². The number of thioether (sulfide) groups is 1. The van der Waals surface area contributed by atoms with Crippen molar-refractivity contribution in [3.63, 3.8) is 0 Å². The van der Waals surface area contributed by atoms with Gasteiger partial charge < -0.3 is 9.47 Å². The predicted octanol–water partition coefficient (Wildman–Crippen LogP) is 4.71. The molecule has 5 heteroatoms. The van der Waals surface area contributed by atoms with E-state index in [4.69, 9.17) is 9.47 Å². The highest BCUT2D eigenvalue weighted by molar-refractivity contribution is 8.39. The summed E-state index contributed by atoms with van der Waals surface area (Å²) < 4.78 is 16.6. The fraction of sp³-hybridized carbons (Fsp3) is 1.00. The largest absolute Gasteiger partial charge is 0.368 e. The summed E-state index contributed by atoms with van der Waals surface area (Å²) in [7, 11) is -0.979. The Morgan fingerprint density at radius 1 is 0.739 bits per heavy atom. The van der Waals surface area contributed by atoms with Gasteiger partial charge in [0.25, 0.3) is 0 Å². The quantitative estimate of drug-likeness (QED) is 0.725. The van der Waals surface area contributed by atoms with Crippen LogP contribution in [-0.4, -0.2) is 51.8 Å². The first-order valence-electron chi connectivity index (χ1n) is 9.82. The van der Waals surface area contributed by atoms with E-state index in [1.165, 1.54) is 83.1 Å². The molecule has 4 saturated heterocycles. The van der Waals surface area contributed by atoms with Crippen molar-refractivity contribution >= 4 is 22.0 Å². The van der Waals surface area contributed by atoms with Gasteiger partial charge in [0.1, 0.15) is 10.9 Å². The van der Waals surface area contributed by atoms with Crippen LogP contribution >= 0.6 is 22.0 Å². The number of hydrogen-bond donors (Lipinski definition) is 0. The molecule has 4 heterocycles. The van der Waals surface area contributed by atoms with Gasteiger partial charge in [0.2, 0.25) is 0 Å². The van der Waals surface area contributed by atoms with Crippen LogP contribution in [-0.2, 0) is 9.47 Å². The summed E-state index contributed by atoms with van der Waals surface area (Å²) in [6.07, 6.45) is 13.5. The normalized spacial score (nSPS) is 40.8. The number of nitrogens with zero attached hydrogens (tertiary/aromatic N) is 1. The van der Waals surface area contributed by atoms with Crippen molar-refractivity contribution in [1.29, 1.82) is 0 Å². The molecule has 4 aliphatic rings. The molecule has 4 fully saturated rings. The van der Waals surface area contributed by atoms with Gasteiger partial charge in [-0.15, -0.1) is 22.0 Å². The van der Waals surface area contributed by atoms with Crippen molar-refractivity contribution in [3.8, 4) is 0 Å². The average molecular weight is 360 g/mol. The topological polar surface area (TPSA) is 21.7 Å². The van der Waals surface area contributed by atoms with Crippen LogP contribution in [0.3, 0.4) is 0 Å². The van der Waals surface area contributed by atoms with E-state index < -0.39 is 10.2 Å². The second-order valence-corrected chi connectivity index (χ2v) is 12.6. The lowest BCUT2D eigenvalue weighted by molar-refractivity contribution is -0.00256. The second kappa shape index (κ2) is 7.86. The lowest BCUT2D eigenvalue weighted by Gasteiger charge is -2.64. The molecule has 0 amide bonds. The third kappa shape index (κ3) is 3.21. The average Bonchev–Trinajstić information content (AvgIpc) is 2.88. The van der Waals surface area contributed by atoms with Gasteiger partial charge in [0, 0.05) is 26.1 Å². The molecule has 0 saturated carbocycles. The van der Waals surface area contributed by atoms with Crippen molar-refractivity contribution in [1.82, 2.24) is 4.31 Å². The van der Waals surface area contributed by atoms with Crippen LogP contribution < -0.4 is 0 Å². The zero-order valence-electron chi connectivity index (χ0n) is 14.4. The van der Waals surface area contributed by atoms with Crippen molar-refractivity contribution in [2.75, 3.05) is 32.1 Å². The number of ether oxygens (including phenoxy) is 2. The summed E-state index contributed by atoms with van der Waals surface area (Å²) in [6, 6.07) is 0. The molecule has 0 N–H and O–H groups in total. The fourth-order valence-electron chi connectivity index (χ4n) is 4.57. The van der Waals surface area contributed by atoms with Gasteiger partial charge in [-0.3, -0.25) is 4.31 Å². The first kappa shape index (κ1) is 17.0. The van der Waals surface area contributed by atoms with Gasteiger partial charge in [-0.05, 0) is 44.3 Å². The lowest BCUT2D eigenvalue weighted by atomic mass is 10.2. The van der Waals surface area contributed by atoms with E-state index in [1.807, 2.05) is 0 Å². The Bertz CT molecular complexity index is 335. The van der Waals surface area contributed by atoms with Crippen molar-refractivity contribution < 1.29 is 9.47 Å². The van der Waals surface area contributed by atoms with Gasteiger partial charge >= 0.3 is 0 Å². The molecular weight excluding hydrogens is 326 g/mol. The van der Waals surface area contributed by atoms with E-state index in [1.54, 1.807) is 0 Å². The van der Waals surface area contributed by atoms with Crippen LogP contribution in [0.25, 0.3) is 0 Å². The molecule has 0 aromatic heterocycles. The van der Waals surface area contributed by atoms with Crippen molar-refractivity contribution in [2.45, 2.75) is 79.7 Å². The number of rotatable bonds is 4. The zero-order valence-corrected chi connectivity index (χ0v) is 16.1. The Morgan fingerprint density at radius 2 is 1.43 bits per heavy atom.